The van der Waals surface area contributed by atoms with E-state index in [0.29, 0.717) is 0 Å². The standard InChI is InChI=1S/C14H18N2O3/c1-4-14(2,3)15-13(17)10-7-11-5-8-12(9-6-11)16(18)19/h5-10H,4H2,1-3H3,(H,15,17). The molecular formula is C14H18N2O3. The first-order chi connectivity index (χ1) is 8.84. The highest BCUT2D eigenvalue weighted by molar-refractivity contribution is 5.92. The summed E-state index contributed by atoms with van der Waals surface area (Å²) >= 11 is 0. The Bertz CT molecular complexity index is 490. The van der Waals surface area contributed by atoms with Crippen molar-refractivity contribution in [2.75, 3.05) is 0 Å². The number of benzene rings is 1. The topological polar surface area (TPSA) is 72.2 Å². The summed E-state index contributed by atoms with van der Waals surface area (Å²) in [7, 11) is 0. The van der Waals surface area contributed by atoms with Gasteiger partial charge in [-0.1, -0.05) is 6.92 Å². The molecule has 0 radical (unpaired) electrons. The molecule has 1 rings (SSSR count). The molecule has 1 aromatic carbocycles. The van der Waals surface area contributed by atoms with Crippen LogP contribution < -0.4 is 5.32 Å². The van der Waals surface area contributed by atoms with E-state index >= 15 is 0 Å². The Hall–Kier alpha value is -2.17. The zero-order chi connectivity index (χ0) is 14.5. The second-order valence-corrected chi connectivity index (χ2v) is 4.91. The van der Waals surface area contributed by atoms with E-state index in [-0.39, 0.29) is 17.1 Å². The Morgan fingerprint density at radius 3 is 2.42 bits per heavy atom. The molecule has 0 saturated carbocycles. The number of carbonyl (C=O) groups excluding carboxylic acids is 1. The fourth-order valence-electron chi connectivity index (χ4n) is 1.34. The molecule has 1 aromatic rings. The lowest BCUT2D eigenvalue weighted by Crippen LogP contribution is -2.41. The molecule has 5 nitrogen and oxygen atoms in total. The minimum atomic E-state index is -0.454. The molecule has 0 fully saturated rings. The van der Waals surface area contributed by atoms with Crippen molar-refractivity contribution in [3.05, 3.63) is 46.0 Å². The molecule has 1 amide bonds. The average Bonchev–Trinajstić information content (AvgIpc) is 2.36. The maximum absolute atomic E-state index is 11.7. The van der Waals surface area contributed by atoms with E-state index in [9.17, 15) is 14.9 Å². The van der Waals surface area contributed by atoms with Crippen LogP contribution >= 0.6 is 0 Å². The first-order valence-corrected chi connectivity index (χ1v) is 6.09. The molecule has 0 aromatic heterocycles. The minimum Gasteiger partial charge on any atom is -0.348 e. The molecule has 102 valence electrons. The first kappa shape index (κ1) is 14.9. The van der Waals surface area contributed by atoms with Gasteiger partial charge >= 0.3 is 0 Å². The molecule has 5 heteroatoms. The maximum Gasteiger partial charge on any atom is 0.269 e. The third-order valence-corrected chi connectivity index (χ3v) is 2.88. The number of rotatable bonds is 5. The predicted molar refractivity (Wildman–Crippen MR) is 74.6 cm³/mol. The van der Waals surface area contributed by atoms with Gasteiger partial charge < -0.3 is 5.32 Å². The Morgan fingerprint density at radius 2 is 1.95 bits per heavy atom. The zero-order valence-corrected chi connectivity index (χ0v) is 11.3. The number of hydrogen-bond acceptors (Lipinski definition) is 3. The lowest BCUT2D eigenvalue weighted by atomic mass is 10.0. The highest BCUT2D eigenvalue weighted by Crippen LogP contribution is 2.13. The molecule has 1 N–H and O–H groups in total. The summed E-state index contributed by atoms with van der Waals surface area (Å²) in [5, 5.41) is 13.4. The summed E-state index contributed by atoms with van der Waals surface area (Å²) in [6, 6.07) is 6.03. The van der Waals surface area contributed by atoms with E-state index in [1.165, 1.54) is 18.2 Å². The Labute approximate surface area is 112 Å². The lowest BCUT2D eigenvalue weighted by Gasteiger charge is -2.23. The quantitative estimate of drug-likeness (QED) is 0.503. The molecule has 0 spiro atoms. The van der Waals surface area contributed by atoms with Crippen LogP contribution in [-0.2, 0) is 4.79 Å². The van der Waals surface area contributed by atoms with Gasteiger partial charge in [-0.2, -0.15) is 0 Å². The van der Waals surface area contributed by atoms with Crippen LogP contribution in [-0.4, -0.2) is 16.4 Å². The number of nitro groups is 1. The summed E-state index contributed by atoms with van der Waals surface area (Å²) in [5.74, 6) is -0.176. The van der Waals surface area contributed by atoms with Gasteiger partial charge in [0.25, 0.3) is 5.69 Å². The van der Waals surface area contributed by atoms with Crippen LogP contribution in [0.1, 0.15) is 32.8 Å². The predicted octanol–water partition coefficient (Wildman–Crippen LogP) is 2.91. The smallest absolute Gasteiger partial charge is 0.269 e. The van der Waals surface area contributed by atoms with Crippen LogP contribution in [0.3, 0.4) is 0 Å². The van der Waals surface area contributed by atoms with Crippen molar-refractivity contribution in [3.63, 3.8) is 0 Å². The van der Waals surface area contributed by atoms with Crippen LogP contribution in [0, 0.1) is 10.1 Å². The van der Waals surface area contributed by atoms with Crippen LogP contribution in [0.15, 0.2) is 30.3 Å². The van der Waals surface area contributed by atoms with E-state index in [0.717, 1.165) is 12.0 Å². The SMILES string of the molecule is CCC(C)(C)NC(=O)C=Cc1ccc([N+](=O)[O-])cc1. The van der Waals surface area contributed by atoms with Crippen LogP contribution in [0.2, 0.25) is 0 Å². The maximum atomic E-state index is 11.7. The molecule has 0 aliphatic carbocycles. The summed E-state index contributed by atoms with van der Waals surface area (Å²) in [6.07, 6.45) is 3.90. The number of non-ortho nitro benzene ring substituents is 1. The van der Waals surface area contributed by atoms with Gasteiger partial charge in [-0.05, 0) is 44.0 Å². The molecule has 0 bridgehead atoms. The van der Waals surface area contributed by atoms with Crippen molar-refractivity contribution in [1.82, 2.24) is 5.32 Å². The van der Waals surface area contributed by atoms with Gasteiger partial charge in [-0.15, -0.1) is 0 Å². The van der Waals surface area contributed by atoms with Gasteiger partial charge in [0.1, 0.15) is 0 Å². The summed E-state index contributed by atoms with van der Waals surface area (Å²) < 4.78 is 0. The van der Waals surface area contributed by atoms with E-state index in [2.05, 4.69) is 5.32 Å². The largest absolute Gasteiger partial charge is 0.348 e. The Kier molecular flexibility index (Phi) is 4.80. The third kappa shape index (κ3) is 4.91. The average molecular weight is 262 g/mol. The van der Waals surface area contributed by atoms with Gasteiger partial charge in [-0.25, -0.2) is 0 Å². The van der Waals surface area contributed by atoms with Crippen molar-refractivity contribution in [2.45, 2.75) is 32.7 Å². The molecule has 0 aliphatic heterocycles. The highest BCUT2D eigenvalue weighted by atomic mass is 16.6. The molecule has 0 saturated heterocycles. The van der Waals surface area contributed by atoms with Crippen LogP contribution in [0.5, 0.6) is 0 Å². The second kappa shape index (κ2) is 6.13. The highest BCUT2D eigenvalue weighted by Gasteiger charge is 2.15. The van der Waals surface area contributed by atoms with Crippen molar-refractivity contribution >= 4 is 17.7 Å². The number of carbonyl (C=O) groups is 1. The molecule has 0 unspecified atom stereocenters. The fraction of sp³-hybridized carbons (Fsp3) is 0.357. The molecule has 0 aliphatic rings. The second-order valence-electron chi connectivity index (χ2n) is 4.91. The van der Waals surface area contributed by atoms with Crippen molar-refractivity contribution in [2.24, 2.45) is 0 Å². The normalized spacial score (nSPS) is 11.5. The lowest BCUT2D eigenvalue weighted by molar-refractivity contribution is -0.384. The number of nitro benzene ring substituents is 1. The Balaban J connectivity index is 2.66. The van der Waals surface area contributed by atoms with Crippen LogP contribution in [0.25, 0.3) is 6.08 Å². The summed E-state index contributed by atoms with van der Waals surface area (Å²) in [6.45, 7) is 5.90. The first-order valence-electron chi connectivity index (χ1n) is 6.09. The molecule has 19 heavy (non-hydrogen) atoms. The molecule has 0 atom stereocenters. The third-order valence-electron chi connectivity index (χ3n) is 2.88. The van der Waals surface area contributed by atoms with Gasteiger partial charge in [0.2, 0.25) is 5.91 Å². The van der Waals surface area contributed by atoms with E-state index in [4.69, 9.17) is 0 Å². The van der Waals surface area contributed by atoms with Crippen molar-refractivity contribution < 1.29 is 9.72 Å². The van der Waals surface area contributed by atoms with E-state index in [1.54, 1.807) is 18.2 Å². The summed E-state index contributed by atoms with van der Waals surface area (Å²) in [5.41, 5.74) is 0.542. The van der Waals surface area contributed by atoms with Crippen molar-refractivity contribution in [1.29, 1.82) is 0 Å². The molecule has 0 heterocycles. The van der Waals surface area contributed by atoms with Crippen molar-refractivity contribution in [3.8, 4) is 0 Å². The number of hydrogen-bond donors (Lipinski definition) is 1. The minimum absolute atomic E-state index is 0.0358. The zero-order valence-electron chi connectivity index (χ0n) is 11.3. The Morgan fingerprint density at radius 1 is 1.37 bits per heavy atom. The van der Waals surface area contributed by atoms with Gasteiger partial charge in [0, 0.05) is 23.7 Å². The number of amides is 1. The molecular weight excluding hydrogens is 244 g/mol. The number of nitrogens with one attached hydrogen (secondary N) is 1. The monoisotopic (exact) mass is 262 g/mol. The summed E-state index contributed by atoms with van der Waals surface area (Å²) in [4.78, 5) is 21.7. The van der Waals surface area contributed by atoms with Gasteiger partial charge in [0.05, 0.1) is 4.92 Å². The van der Waals surface area contributed by atoms with Gasteiger partial charge in [0.15, 0.2) is 0 Å². The van der Waals surface area contributed by atoms with Gasteiger partial charge in [-0.3, -0.25) is 14.9 Å². The van der Waals surface area contributed by atoms with E-state index in [1.807, 2.05) is 20.8 Å². The number of nitrogens with zero attached hydrogens (tertiary/aromatic N) is 1. The van der Waals surface area contributed by atoms with Crippen LogP contribution in [0.4, 0.5) is 5.69 Å². The fourth-order valence-corrected chi connectivity index (χ4v) is 1.34. The van der Waals surface area contributed by atoms with E-state index < -0.39 is 4.92 Å².